The molecular formula is C21H32F3N5O3. The van der Waals surface area contributed by atoms with Crippen molar-refractivity contribution in [2.45, 2.75) is 77.2 Å². The maximum atomic E-state index is 12.9. The molecule has 4 unspecified atom stereocenters. The Morgan fingerprint density at radius 3 is 2.19 bits per heavy atom. The minimum absolute atomic E-state index is 0.0663. The summed E-state index contributed by atoms with van der Waals surface area (Å²) in [5.41, 5.74) is -1.03. The molecule has 0 spiro atoms. The second-order valence-electron chi connectivity index (χ2n) is 9.73. The number of piperidine rings is 1. The van der Waals surface area contributed by atoms with Crippen LogP contribution in [0.2, 0.25) is 0 Å². The SMILES string of the molecule is CC(C)(C)C(NC(=O)C(F)(F)F)C(=O)NC(CC1CC1)C(=O)NC(C#N)C1CCCNC1. The predicted molar refractivity (Wildman–Crippen MR) is 110 cm³/mol. The first-order valence-electron chi connectivity index (χ1n) is 10.9. The molecule has 0 aromatic rings. The largest absolute Gasteiger partial charge is 0.471 e. The van der Waals surface area contributed by atoms with E-state index in [9.17, 15) is 32.8 Å². The van der Waals surface area contributed by atoms with Crippen LogP contribution in [-0.2, 0) is 14.4 Å². The molecule has 0 aromatic heterocycles. The van der Waals surface area contributed by atoms with Gasteiger partial charge in [-0.1, -0.05) is 33.6 Å². The second-order valence-corrected chi connectivity index (χ2v) is 9.73. The number of halogens is 3. The van der Waals surface area contributed by atoms with Gasteiger partial charge in [0.15, 0.2) is 0 Å². The van der Waals surface area contributed by atoms with E-state index in [0.717, 1.165) is 32.2 Å². The van der Waals surface area contributed by atoms with Gasteiger partial charge in [-0.05, 0) is 37.1 Å². The van der Waals surface area contributed by atoms with Crippen molar-refractivity contribution in [1.82, 2.24) is 21.3 Å². The molecular weight excluding hydrogens is 427 g/mol. The molecule has 0 radical (unpaired) electrons. The van der Waals surface area contributed by atoms with E-state index in [1.807, 2.05) is 0 Å². The minimum atomic E-state index is -5.14. The average molecular weight is 460 g/mol. The molecule has 180 valence electrons. The molecule has 11 heteroatoms. The molecule has 1 heterocycles. The molecule has 32 heavy (non-hydrogen) atoms. The number of nitrogens with one attached hydrogen (secondary N) is 4. The molecule has 1 saturated heterocycles. The standard InChI is InChI=1S/C21H32F3N5O3/c1-20(2,3)16(29-19(32)21(22,23)24)18(31)27-14(9-12-6-7-12)17(30)28-15(10-25)13-5-4-8-26-11-13/h12-16,26H,4-9,11H2,1-3H3,(H,27,31)(H,28,30)(H,29,32). The van der Waals surface area contributed by atoms with Crippen molar-refractivity contribution in [3.63, 3.8) is 0 Å². The third-order valence-electron chi connectivity index (χ3n) is 5.80. The van der Waals surface area contributed by atoms with Crippen LogP contribution in [0, 0.1) is 28.6 Å². The van der Waals surface area contributed by atoms with Crippen LogP contribution in [0.4, 0.5) is 13.2 Å². The molecule has 4 atom stereocenters. The van der Waals surface area contributed by atoms with E-state index in [-0.39, 0.29) is 11.8 Å². The third kappa shape index (κ3) is 7.65. The average Bonchev–Trinajstić information content (AvgIpc) is 3.52. The molecule has 1 aliphatic heterocycles. The van der Waals surface area contributed by atoms with E-state index in [4.69, 9.17) is 0 Å². The third-order valence-corrected chi connectivity index (χ3v) is 5.80. The zero-order valence-corrected chi connectivity index (χ0v) is 18.6. The van der Waals surface area contributed by atoms with Crippen molar-refractivity contribution in [3.05, 3.63) is 0 Å². The highest BCUT2D eigenvalue weighted by atomic mass is 19.4. The summed E-state index contributed by atoms with van der Waals surface area (Å²) in [6.07, 6.45) is -1.37. The van der Waals surface area contributed by atoms with Crippen LogP contribution in [0.25, 0.3) is 0 Å². The number of carbonyl (C=O) groups is 3. The van der Waals surface area contributed by atoms with Crippen molar-refractivity contribution in [3.8, 4) is 6.07 Å². The van der Waals surface area contributed by atoms with Crippen molar-refractivity contribution >= 4 is 17.7 Å². The topological polar surface area (TPSA) is 123 Å². The van der Waals surface area contributed by atoms with Crippen molar-refractivity contribution in [2.75, 3.05) is 13.1 Å². The van der Waals surface area contributed by atoms with E-state index < -0.39 is 47.4 Å². The summed E-state index contributed by atoms with van der Waals surface area (Å²) in [6.45, 7) is 6.00. The molecule has 0 bridgehead atoms. The summed E-state index contributed by atoms with van der Waals surface area (Å²) < 4.78 is 38.2. The molecule has 3 amide bonds. The lowest BCUT2D eigenvalue weighted by Gasteiger charge is -2.32. The van der Waals surface area contributed by atoms with Gasteiger partial charge in [0, 0.05) is 12.5 Å². The monoisotopic (exact) mass is 459 g/mol. The van der Waals surface area contributed by atoms with Gasteiger partial charge in [0.05, 0.1) is 6.07 Å². The Bertz CT molecular complexity index is 734. The van der Waals surface area contributed by atoms with Gasteiger partial charge in [-0.15, -0.1) is 0 Å². The van der Waals surface area contributed by atoms with Crippen molar-refractivity contribution in [1.29, 1.82) is 5.26 Å². The van der Waals surface area contributed by atoms with Gasteiger partial charge < -0.3 is 21.3 Å². The number of alkyl halides is 3. The van der Waals surface area contributed by atoms with Crippen LogP contribution in [0.15, 0.2) is 0 Å². The first kappa shape index (κ1) is 25.9. The number of amides is 3. The molecule has 2 fully saturated rings. The number of hydrogen-bond acceptors (Lipinski definition) is 5. The maximum absolute atomic E-state index is 12.9. The van der Waals surface area contributed by atoms with E-state index in [2.05, 4.69) is 22.0 Å². The summed E-state index contributed by atoms with van der Waals surface area (Å²) in [7, 11) is 0. The van der Waals surface area contributed by atoms with Gasteiger partial charge in [-0.25, -0.2) is 0 Å². The normalized spacial score (nSPS) is 22.1. The van der Waals surface area contributed by atoms with Crippen molar-refractivity contribution < 1.29 is 27.6 Å². The summed E-state index contributed by atoms with van der Waals surface area (Å²) in [5.74, 6) is -3.48. The minimum Gasteiger partial charge on any atom is -0.342 e. The Kier molecular flexibility index (Phi) is 8.51. The number of carbonyl (C=O) groups excluding carboxylic acids is 3. The van der Waals surface area contributed by atoms with E-state index in [1.165, 1.54) is 20.8 Å². The van der Waals surface area contributed by atoms with E-state index in [0.29, 0.717) is 13.0 Å². The Morgan fingerprint density at radius 1 is 1.06 bits per heavy atom. The summed E-state index contributed by atoms with van der Waals surface area (Å²) in [5, 5.41) is 19.7. The van der Waals surface area contributed by atoms with E-state index in [1.54, 1.807) is 5.32 Å². The Morgan fingerprint density at radius 2 is 1.72 bits per heavy atom. The number of hydrogen-bond donors (Lipinski definition) is 4. The summed E-state index contributed by atoms with van der Waals surface area (Å²) in [4.78, 5) is 37.3. The molecule has 4 N–H and O–H groups in total. The highest BCUT2D eigenvalue weighted by molar-refractivity contribution is 5.93. The molecule has 1 saturated carbocycles. The summed E-state index contributed by atoms with van der Waals surface area (Å²) in [6, 6.07) is -1.14. The Hall–Kier alpha value is -2.35. The Balaban J connectivity index is 2.11. The maximum Gasteiger partial charge on any atom is 0.471 e. The van der Waals surface area contributed by atoms with Crippen LogP contribution in [0.3, 0.4) is 0 Å². The van der Waals surface area contributed by atoms with Crippen LogP contribution in [0.5, 0.6) is 0 Å². The van der Waals surface area contributed by atoms with Gasteiger partial charge in [-0.2, -0.15) is 18.4 Å². The van der Waals surface area contributed by atoms with Gasteiger partial charge in [-0.3, -0.25) is 14.4 Å². The smallest absolute Gasteiger partial charge is 0.342 e. The number of nitriles is 1. The fourth-order valence-electron chi connectivity index (χ4n) is 3.73. The highest BCUT2D eigenvalue weighted by Gasteiger charge is 2.44. The predicted octanol–water partition coefficient (Wildman–Crippen LogP) is 1.37. The first-order valence-corrected chi connectivity index (χ1v) is 10.9. The number of nitrogens with zero attached hydrogens (tertiary/aromatic N) is 1. The van der Waals surface area contributed by atoms with Crippen LogP contribution in [0.1, 0.15) is 52.9 Å². The van der Waals surface area contributed by atoms with Crippen LogP contribution < -0.4 is 21.3 Å². The van der Waals surface area contributed by atoms with Crippen molar-refractivity contribution in [2.24, 2.45) is 17.3 Å². The van der Waals surface area contributed by atoms with Crippen LogP contribution in [-0.4, -0.2) is 55.1 Å². The van der Waals surface area contributed by atoms with Gasteiger partial charge >= 0.3 is 12.1 Å². The lowest BCUT2D eigenvalue weighted by molar-refractivity contribution is -0.175. The quantitative estimate of drug-likeness (QED) is 0.437. The molecule has 1 aliphatic carbocycles. The summed E-state index contributed by atoms with van der Waals surface area (Å²) >= 11 is 0. The zero-order chi connectivity index (χ0) is 24.1. The van der Waals surface area contributed by atoms with Gasteiger partial charge in [0.2, 0.25) is 11.8 Å². The molecule has 2 aliphatic rings. The first-order chi connectivity index (χ1) is 14.8. The second kappa shape index (κ2) is 10.5. The van der Waals surface area contributed by atoms with Gasteiger partial charge in [0.25, 0.3) is 0 Å². The molecule has 8 nitrogen and oxygen atoms in total. The van der Waals surface area contributed by atoms with Crippen LogP contribution >= 0.6 is 0 Å². The highest BCUT2D eigenvalue weighted by Crippen LogP contribution is 2.34. The fraction of sp³-hybridized carbons (Fsp3) is 0.810. The molecule has 2 rings (SSSR count). The lowest BCUT2D eigenvalue weighted by atomic mass is 9.85. The van der Waals surface area contributed by atoms with Gasteiger partial charge in [0.1, 0.15) is 18.1 Å². The Labute approximate surface area is 186 Å². The fourth-order valence-corrected chi connectivity index (χ4v) is 3.73. The van der Waals surface area contributed by atoms with E-state index >= 15 is 0 Å². The zero-order valence-electron chi connectivity index (χ0n) is 18.6. The lowest BCUT2D eigenvalue weighted by Crippen LogP contribution is -2.60. The molecule has 0 aromatic carbocycles. The number of rotatable bonds is 8.